The van der Waals surface area contributed by atoms with Crippen molar-refractivity contribution in [1.82, 2.24) is 10.2 Å². The van der Waals surface area contributed by atoms with Gasteiger partial charge in [-0.15, -0.1) is 0 Å². The van der Waals surface area contributed by atoms with E-state index in [0.717, 1.165) is 26.1 Å². The molecular weight excluding hydrogens is 256 g/mol. The Bertz CT molecular complexity index is 419. The molecule has 1 fully saturated rings. The molecule has 0 radical (unpaired) electrons. The highest BCUT2D eigenvalue weighted by Crippen LogP contribution is 2.34. The van der Waals surface area contributed by atoms with Crippen molar-refractivity contribution in [3.05, 3.63) is 35.4 Å². The zero-order valence-electron chi connectivity index (χ0n) is 14.1. The highest BCUT2D eigenvalue weighted by Gasteiger charge is 2.28. The molecule has 0 bridgehead atoms. The molecule has 2 heteroatoms. The summed E-state index contributed by atoms with van der Waals surface area (Å²) in [5, 5.41) is 3.43. The molecule has 1 aromatic rings. The van der Waals surface area contributed by atoms with Crippen LogP contribution in [0.3, 0.4) is 0 Å². The summed E-state index contributed by atoms with van der Waals surface area (Å²) in [4.78, 5) is 2.64. The summed E-state index contributed by atoms with van der Waals surface area (Å²) in [6, 6.07) is 8.98. The first-order valence-corrected chi connectivity index (χ1v) is 8.67. The van der Waals surface area contributed by atoms with Crippen molar-refractivity contribution in [2.75, 3.05) is 26.2 Å². The lowest BCUT2D eigenvalue weighted by Crippen LogP contribution is -2.38. The average Bonchev–Trinajstić information content (AvgIpc) is 2.52. The molecule has 2 nitrogen and oxygen atoms in total. The van der Waals surface area contributed by atoms with E-state index in [-0.39, 0.29) is 0 Å². The highest BCUT2D eigenvalue weighted by molar-refractivity contribution is 5.27. The van der Waals surface area contributed by atoms with E-state index in [9.17, 15) is 0 Å². The minimum Gasteiger partial charge on any atom is -0.317 e. The van der Waals surface area contributed by atoms with Gasteiger partial charge in [0.15, 0.2) is 0 Å². The number of piperidine rings is 1. The normalized spacial score (nSPS) is 18.8. The van der Waals surface area contributed by atoms with E-state index in [1.54, 1.807) is 0 Å². The fourth-order valence-electron chi connectivity index (χ4n) is 3.20. The van der Waals surface area contributed by atoms with Crippen molar-refractivity contribution in [1.29, 1.82) is 0 Å². The Hall–Kier alpha value is -0.860. The molecule has 0 aliphatic carbocycles. The lowest BCUT2D eigenvalue weighted by Gasteiger charge is -2.39. The van der Waals surface area contributed by atoms with Gasteiger partial charge in [0.1, 0.15) is 0 Å². The van der Waals surface area contributed by atoms with Gasteiger partial charge in [-0.05, 0) is 62.0 Å². The smallest absolute Gasteiger partial charge is 0.0236 e. The molecule has 0 amide bonds. The predicted octanol–water partition coefficient (Wildman–Crippen LogP) is 3.85. The first-order valence-electron chi connectivity index (χ1n) is 8.67. The maximum Gasteiger partial charge on any atom is 0.0236 e. The Balaban J connectivity index is 1.91. The lowest BCUT2D eigenvalue weighted by atomic mass is 9.78. The molecule has 0 saturated carbocycles. The van der Waals surface area contributed by atoms with E-state index >= 15 is 0 Å². The zero-order chi connectivity index (χ0) is 15.1. The molecular formula is C19H32N2. The maximum absolute atomic E-state index is 3.43. The number of nitrogens with zero attached hydrogens (tertiary/aromatic N) is 1. The van der Waals surface area contributed by atoms with E-state index in [2.05, 4.69) is 55.3 Å². The van der Waals surface area contributed by atoms with E-state index in [0.29, 0.717) is 5.41 Å². The average molecular weight is 288 g/mol. The summed E-state index contributed by atoms with van der Waals surface area (Å²) in [6.45, 7) is 12.7. The number of likely N-dealkylation sites (tertiary alicyclic amines) is 1. The first-order chi connectivity index (χ1) is 10.2. The number of hydrogen-bond acceptors (Lipinski definition) is 2. The van der Waals surface area contributed by atoms with Crippen LogP contribution in [-0.2, 0) is 13.0 Å². The van der Waals surface area contributed by atoms with Crippen LogP contribution in [0.5, 0.6) is 0 Å². The summed E-state index contributed by atoms with van der Waals surface area (Å²) >= 11 is 0. The number of rotatable bonds is 7. The molecule has 1 aliphatic rings. The third kappa shape index (κ3) is 4.82. The van der Waals surface area contributed by atoms with Gasteiger partial charge in [0.05, 0.1) is 0 Å². The predicted molar refractivity (Wildman–Crippen MR) is 91.6 cm³/mol. The molecule has 0 aromatic heterocycles. The number of benzene rings is 1. The molecule has 0 unspecified atom stereocenters. The van der Waals surface area contributed by atoms with E-state index in [4.69, 9.17) is 0 Å². The fraction of sp³-hybridized carbons (Fsp3) is 0.684. The minimum atomic E-state index is 0.584. The van der Waals surface area contributed by atoms with Crippen LogP contribution < -0.4 is 5.32 Å². The molecule has 0 atom stereocenters. The summed E-state index contributed by atoms with van der Waals surface area (Å²) in [5.41, 5.74) is 3.62. The van der Waals surface area contributed by atoms with Gasteiger partial charge < -0.3 is 5.32 Å². The Morgan fingerprint density at radius 2 is 1.76 bits per heavy atom. The fourth-order valence-corrected chi connectivity index (χ4v) is 3.20. The third-order valence-corrected chi connectivity index (χ3v) is 5.25. The molecule has 1 saturated heterocycles. The SMILES string of the molecule is CCNCCc1ccccc1CN1CCC(C)(CC)CC1. The van der Waals surface area contributed by atoms with Gasteiger partial charge in [-0.2, -0.15) is 0 Å². The van der Waals surface area contributed by atoms with Gasteiger partial charge in [-0.1, -0.05) is 51.5 Å². The zero-order valence-corrected chi connectivity index (χ0v) is 14.1. The van der Waals surface area contributed by atoms with Crippen LogP contribution in [0.15, 0.2) is 24.3 Å². The van der Waals surface area contributed by atoms with Crippen molar-refractivity contribution in [2.45, 2.75) is 53.0 Å². The van der Waals surface area contributed by atoms with Crippen molar-refractivity contribution in [2.24, 2.45) is 5.41 Å². The highest BCUT2D eigenvalue weighted by atomic mass is 15.1. The van der Waals surface area contributed by atoms with Gasteiger partial charge in [0.25, 0.3) is 0 Å². The van der Waals surface area contributed by atoms with Gasteiger partial charge in [-0.3, -0.25) is 4.90 Å². The summed E-state index contributed by atoms with van der Waals surface area (Å²) in [7, 11) is 0. The molecule has 1 aliphatic heterocycles. The Labute approximate surface area is 130 Å². The van der Waals surface area contributed by atoms with Crippen molar-refractivity contribution in [3.63, 3.8) is 0 Å². The van der Waals surface area contributed by atoms with Crippen molar-refractivity contribution in [3.8, 4) is 0 Å². The summed E-state index contributed by atoms with van der Waals surface area (Å²) in [5.74, 6) is 0. The molecule has 1 aromatic carbocycles. The lowest BCUT2D eigenvalue weighted by molar-refractivity contribution is 0.109. The quantitative estimate of drug-likeness (QED) is 0.767. The molecule has 1 N–H and O–H groups in total. The van der Waals surface area contributed by atoms with Crippen LogP contribution in [0.4, 0.5) is 0 Å². The number of nitrogens with one attached hydrogen (secondary N) is 1. The van der Waals surface area contributed by atoms with Gasteiger partial charge in [0.2, 0.25) is 0 Å². The van der Waals surface area contributed by atoms with Gasteiger partial charge in [-0.25, -0.2) is 0 Å². The summed E-state index contributed by atoms with van der Waals surface area (Å²) < 4.78 is 0. The topological polar surface area (TPSA) is 15.3 Å². The number of hydrogen-bond donors (Lipinski definition) is 1. The van der Waals surface area contributed by atoms with Gasteiger partial charge in [0, 0.05) is 6.54 Å². The largest absolute Gasteiger partial charge is 0.317 e. The van der Waals surface area contributed by atoms with Crippen molar-refractivity contribution >= 4 is 0 Å². The van der Waals surface area contributed by atoms with E-state index < -0.39 is 0 Å². The van der Waals surface area contributed by atoms with E-state index in [1.165, 1.54) is 43.5 Å². The van der Waals surface area contributed by atoms with Crippen LogP contribution in [0.1, 0.15) is 51.2 Å². The second-order valence-electron chi connectivity index (χ2n) is 6.81. The molecule has 21 heavy (non-hydrogen) atoms. The van der Waals surface area contributed by atoms with Crippen LogP contribution in [-0.4, -0.2) is 31.1 Å². The maximum atomic E-state index is 3.43. The molecule has 2 rings (SSSR count). The summed E-state index contributed by atoms with van der Waals surface area (Å²) in [6.07, 6.45) is 5.16. The monoisotopic (exact) mass is 288 g/mol. The standard InChI is InChI=1S/C19H32N2/c1-4-19(3)11-14-21(15-12-19)16-18-9-7-6-8-17(18)10-13-20-5-2/h6-9,20H,4-5,10-16H2,1-3H3. The molecule has 1 heterocycles. The van der Waals surface area contributed by atoms with E-state index in [1.807, 2.05) is 0 Å². The molecule has 118 valence electrons. The number of likely N-dealkylation sites (N-methyl/N-ethyl adjacent to an activating group) is 1. The Kier molecular flexibility index (Phi) is 6.25. The van der Waals surface area contributed by atoms with Crippen LogP contribution in [0.2, 0.25) is 0 Å². The van der Waals surface area contributed by atoms with Gasteiger partial charge >= 0.3 is 0 Å². The second kappa shape index (κ2) is 7.95. The molecule has 0 spiro atoms. The van der Waals surface area contributed by atoms with Crippen LogP contribution in [0.25, 0.3) is 0 Å². The van der Waals surface area contributed by atoms with Crippen LogP contribution >= 0.6 is 0 Å². The Morgan fingerprint density at radius 1 is 1.10 bits per heavy atom. The first kappa shape index (κ1) is 16.5. The minimum absolute atomic E-state index is 0.584. The third-order valence-electron chi connectivity index (χ3n) is 5.25. The van der Waals surface area contributed by atoms with Crippen LogP contribution in [0, 0.1) is 5.41 Å². The van der Waals surface area contributed by atoms with Crippen molar-refractivity contribution < 1.29 is 0 Å². The second-order valence-corrected chi connectivity index (χ2v) is 6.81. The Morgan fingerprint density at radius 3 is 2.38 bits per heavy atom.